The fourth-order valence-electron chi connectivity index (χ4n) is 3.50. The summed E-state index contributed by atoms with van der Waals surface area (Å²) in [5, 5.41) is 25.5. The molecule has 1 saturated heterocycles. The minimum absolute atomic E-state index is 0.101. The van der Waals surface area contributed by atoms with Crippen LogP contribution in [0.3, 0.4) is 0 Å². The zero-order valence-corrected chi connectivity index (χ0v) is 17.9. The summed E-state index contributed by atoms with van der Waals surface area (Å²) < 4.78 is 0. The van der Waals surface area contributed by atoms with Crippen LogP contribution in [0.2, 0.25) is 0 Å². The first kappa shape index (κ1) is 24.1. The van der Waals surface area contributed by atoms with Crippen molar-refractivity contribution in [3.05, 3.63) is 29.8 Å². The van der Waals surface area contributed by atoms with E-state index >= 15 is 0 Å². The number of carbonyl (C=O) groups excluding carboxylic acids is 3. The molecule has 1 heterocycles. The molecule has 31 heavy (non-hydrogen) atoms. The number of benzene rings is 1. The number of amides is 4. The number of nitrogens with zero attached hydrogens (tertiary/aromatic N) is 1. The van der Waals surface area contributed by atoms with Crippen LogP contribution in [0.1, 0.15) is 39.2 Å². The third-order valence-corrected chi connectivity index (χ3v) is 5.20. The molecule has 0 bridgehead atoms. The van der Waals surface area contributed by atoms with Crippen molar-refractivity contribution in [2.24, 2.45) is 5.92 Å². The third kappa shape index (κ3) is 6.42. The smallest absolute Gasteiger partial charge is 0.405 e. The first-order valence-corrected chi connectivity index (χ1v) is 10.2. The Bertz CT molecular complexity index is 811. The highest BCUT2D eigenvalue weighted by molar-refractivity contribution is 5.99. The number of carboxylic acid groups (broad SMARTS) is 1. The van der Waals surface area contributed by atoms with Crippen LogP contribution in [0.25, 0.3) is 0 Å². The number of hydrogen-bond acceptors (Lipinski definition) is 5. The van der Waals surface area contributed by atoms with E-state index in [1.54, 1.807) is 38.1 Å². The van der Waals surface area contributed by atoms with Crippen LogP contribution in [0.15, 0.2) is 24.3 Å². The number of aliphatic hydroxyl groups excluding tert-OH is 1. The van der Waals surface area contributed by atoms with Crippen LogP contribution in [-0.4, -0.2) is 63.6 Å². The van der Waals surface area contributed by atoms with Crippen LogP contribution >= 0.6 is 0 Å². The van der Waals surface area contributed by atoms with Crippen molar-refractivity contribution in [2.45, 2.75) is 58.3 Å². The molecule has 0 aromatic heterocycles. The molecule has 2 rings (SSSR count). The molecule has 10 nitrogen and oxygen atoms in total. The lowest BCUT2D eigenvalue weighted by Gasteiger charge is -2.29. The Kier molecular flexibility index (Phi) is 8.38. The van der Waals surface area contributed by atoms with Crippen molar-refractivity contribution in [3.8, 4) is 0 Å². The Morgan fingerprint density at radius 1 is 1.10 bits per heavy atom. The van der Waals surface area contributed by atoms with E-state index < -0.39 is 41.9 Å². The summed E-state index contributed by atoms with van der Waals surface area (Å²) in [7, 11) is 0. The van der Waals surface area contributed by atoms with E-state index in [0.717, 1.165) is 0 Å². The van der Waals surface area contributed by atoms with E-state index in [-0.39, 0.29) is 12.5 Å². The molecule has 1 aromatic rings. The van der Waals surface area contributed by atoms with Gasteiger partial charge in [0.25, 0.3) is 0 Å². The van der Waals surface area contributed by atoms with Gasteiger partial charge in [0.15, 0.2) is 0 Å². The van der Waals surface area contributed by atoms with E-state index in [1.807, 2.05) is 0 Å². The van der Waals surface area contributed by atoms with Crippen LogP contribution in [0, 0.1) is 5.92 Å². The second kappa shape index (κ2) is 10.8. The van der Waals surface area contributed by atoms with Crippen molar-refractivity contribution in [2.75, 3.05) is 11.9 Å². The molecule has 10 heteroatoms. The quantitative estimate of drug-likeness (QED) is 0.411. The number of hydrogen-bond donors (Lipinski definition) is 5. The number of rotatable bonds is 8. The van der Waals surface area contributed by atoms with Gasteiger partial charge < -0.3 is 31.1 Å². The summed E-state index contributed by atoms with van der Waals surface area (Å²) in [6.45, 7) is 5.27. The first-order chi connectivity index (χ1) is 14.6. The fraction of sp³-hybridized carbons (Fsp3) is 0.524. The van der Waals surface area contributed by atoms with E-state index in [9.17, 15) is 19.2 Å². The molecule has 170 valence electrons. The maximum absolute atomic E-state index is 12.9. The predicted octanol–water partition coefficient (Wildman–Crippen LogP) is 0.905. The number of aliphatic hydroxyl groups is 1. The molecular formula is C21H30N4O6. The van der Waals surface area contributed by atoms with Crippen molar-refractivity contribution >= 4 is 29.5 Å². The van der Waals surface area contributed by atoms with Crippen LogP contribution in [0.4, 0.5) is 10.5 Å². The molecular weight excluding hydrogens is 404 g/mol. The number of carbonyl (C=O) groups is 4. The standard InChI is InChI=1S/C21H30N4O6/c1-12(2)17(19(28)23-15-8-6-14(11-26)7-9-15)24-18(27)16-5-4-10-25(16)20(29)13(3)22-21(30)31/h6-9,12-13,16-17,22,26H,4-5,10-11H2,1-3H3,(H,23,28)(H,24,27)(H,30,31)/t13-,16+,17+/m1/s1. The van der Waals surface area contributed by atoms with E-state index in [0.29, 0.717) is 30.6 Å². The summed E-state index contributed by atoms with van der Waals surface area (Å²) >= 11 is 0. The second-order valence-corrected chi connectivity index (χ2v) is 7.94. The maximum Gasteiger partial charge on any atom is 0.405 e. The predicted molar refractivity (Wildman–Crippen MR) is 113 cm³/mol. The molecule has 0 unspecified atom stereocenters. The Balaban J connectivity index is 2.05. The normalized spacial score (nSPS) is 17.7. The Labute approximate surface area is 181 Å². The Hall–Kier alpha value is -3.14. The Morgan fingerprint density at radius 3 is 2.29 bits per heavy atom. The topological polar surface area (TPSA) is 148 Å². The van der Waals surface area contributed by atoms with Crippen molar-refractivity contribution < 1.29 is 29.4 Å². The van der Waals surface area contributed by atoms with E-state index in [1.165, 1.54) is 11.8 Å². The Morgan fingerprint density at radius 2 is 1.74 bits per heavy atom. The van der Waals surface area contributed by atoms with Crippen molar-refractivity contribution in [1.29, 1.82) is 0 Å². The van der Waals surface area contributed by atoms with Gasteiger partial charge in [0.05, 0.1) is 6.61 Å². The average molecular weight is 434 g/mol. The monoisotopic (exact) mass is 434 g/mol. The molecule has 3 atom stereocenters. The van der Waals surface area contributed by atoms with Crippen molar-refractivity contribution in [1.82, 2.24) is 15.5 Å². The fourth-order valence-corrected chi connectivity index (χ4v) is 3.50. The van der Waals surface area contributed by atoms with Gasteiger partial charge in [-0.25, -0.2) is 4.79 Å². The highest BCUT2D eigenvalue weighted by Gasteiger charge is 2.38. The lowest BCUT2D eigenvalue weighted by Crippen LogP contribution is -2.56. The number of likely N-dealkylation sites (tertiary alicyclic amines) is 1. The zero-order chi connectivity index (χ0) is 23.1. The molecule has 0 aliphatic carbocycles. The van der Waals surface area contributed by atoms with Crippen LogP contribution < -0.4 is 16.0 Å². The lowest BCUT2D eigenvalue weighted by molar-refractivity contribution is -0.140. The molecule has 1 aromatic carbocycles. The van der Waals surface area contributed by atoms with Crippen LogP contribution in [0.5, 0.6) is 0 Å². The lowest BCUT2D eigenvalue weighted by atomic mass is 10.0. The summed E-state index contributed by atoms with van der Waals surface area (Å²) in [5.74, 6) is -1.52. The summed E-state index contributed by atoms with van der Waals surface area (Å²) in [6, 6.07) is 4.14. The van der Waals surface area contributed by atoms with E-state index in [4.69, 9.17) is 10.2 Å². The number of nitrogens with one attached hydrogen (secondary N) is 3. The van der Waals surface area contributed by atoms with E-state index in [2.05, 4.69) is 16.0 Å². The average Bonchev–Trinajstić information content (AvgIpc) is 3.20. The molecule has 4 amide bonds. The molecule has 0 radical (unpaired) electrons. The van der Waals surface area contributed by atoms with Gasteiger partial charge in [-0.1, -0.05) is 26.0 Å². The molecule has 1 fully saturated rings. The number of anilines is 1. The maximum atomic E-state index is 12.9. The minimum atomic E-state index is -1.32. The summed E-state index contributed by atoms with van der Waals surface area (Å²) in [4.78, 5) is 50.4. The SMILES string of the molecule is CC(C)[C@H](NC(=O)[C@@H]1CCCN1C(=O)[C@@H](C)NC(=O)O)C(=O)Nc1ccc(CO)cc1. The molecule has 0 spiro atoms. The first-order valence-electron chi connectivity index (χ1n) is 10.2. The largest absolute Gasteiger partial charge is 0.465 e. The molecule has 1 aliphatic heterocycles. The van der Waals surface area contributed by atoms with Gasteiger partial charge in [0.2, 0.25) is 17.7 Å². The van der Waals surface area contributed by atoms with Gasteiger partial charge in [-0.15, -0.1) is 0 Å². The van der Waals surface area contributed by atoms with Gasteiger partial charge in [0, 0.05) is 12.2 Å². The molecule has 5 N–H and O–H groups in total. The van der Waals surface area contributed by atoms with Gasteiger partial charge in [-0.05, 0) is 43.4 Å². The minimum Gasteiger partial charge on any atom is -0.465 e. The van der Waals surface area contributed by atoms with Crippen LogP contribution in [-0.2, 0) is 21.0 Å². The van der Waals surface area contributed by atoms with Gasteiger partial charge in [0.1, 0.15) is 18.1 Å². The highest BCUT2D eigenvalue weighted by atomic mass is 16.4. The van der Waals surface area contributed by atoms with Gasteiger partial charge in [-0.2, -0.15) is 0 Å². The van der Waals surface area contributed by atoms with Crippen molar-refractivity contribution in [3.63, 3.8) is 0 Å². The van der Waals surface area contributed by atoms with Gasteiger partial charge in [-0.3, -0.25) is 14.4 Å². The summed E-state index contributed by atoms with van der Waals surface area (Å²) in [5.41, 5.74) is 1.25. The molecule has 0 saturated carbocycles. The van der Waals surface area contributed by atoms with Gasteiger partial charge >= 0.3 is 6.09 Å². The summed E-state index contributed by atoms with van der Waals surface area (Å²) in [6.07, 6.45) is -0.268. The third-order valence-electron chi connectivity index (χ3n) is 5.20. The second-order valence-electron chi connectivity index (χ2n) is 7.94. The highest BCUT2D eigenvalue weighted by Crippen LogP contribution is 2.20. The zero-order valence-electron chi connectivity index (χ0n) is 17.9. The molecule has 1 aliphatic rings.